The maximum atomic E-state index is 12.9. The number of fused-ring (bicyclic) bond motifs is 1. The Kier molecular flexibility index (Phi) is 6.58. The van der Waals surface area contributed by atoms with Gasteiger partial charge >= 0.3 is 0 Å². The third kappa shape index (κ3) is 4.82. The first kappa shape index (κ1) is 22.3. The molecule has 1 aliphatic heterocycles. The Bertz CT molecular complexity index is 1230. The standard InChI is InChI=1S/C24H26N4O5/c1-32-20-8-7-16(13-21(20)33-2)25-23(30)15-9-11-28(12-10-15)22(29)14-19-17-5-3-4-6-18(17)24(31)27-26-19/h3-8,13,15H,9-12,14H2,1-2H3,(H,25,30)(H,27,31). The zero-order valence-corrected chi connectivity index (χ0v) is 18.6. The number of ether oxygens (including phenoxy) is 2. The number of hydrogen-bond acceptors (Lipinski definition) is 6. The number of aromatic amines is 1. The van der Waals surface area contributed by atoms with Crippen LogP contribution in [0.3, 0.4) is 0 Å². The van der Waals surface area contributed by atoms with E-state index in [4.69, 9.17) is 9.47 Å². The molecule has 0 unspecified atom stereocenters. The maximum absolute atomic E-state index is 12.9. The minimum absolute atomic E-state index is 0.0709. The molecule has 0 bridgehead atoms. The van der Waals surface area contributed by atoms with Gasteiger partial charge in [-0.15, -0.1) is 0 Å². The minimum Gasteiger partial charge on any atom is -0.493 e. The number of likely N-dealkylation sites (tertiary alicyclic amines) is 1. The fourth-order valence-electron chi connectivity index (χ4n) is 4.11. The number of amides is 2. The number of anilines is 1. The van der Waals surface area contributed by atoms with Crippen molar-refractivity contribution in [2.24, 2.45) is 5.92 Å². The van der Waals surface area contributed by atoms with E-state index in [1.165, 1.54) is 0 Å². The molecule has 2 aromatic carbocycles. The SMILES string of the molecule is COc1ccc(NC(=O)C2CCN(C(=O)Cc3n[nH]c(=O)c4ccccc34)CC2)cc1OC. The number of H-pyrrole nitrogens is 1. The molecule has 0 spiro atoms. The van der Waals surface area contributed by atoms with Crippen LogP contribution in [0.1, 0.15) is 18.5 Å². The van der Waals surface area contributed by atoms with Crippen LogP contribution in [-0.2, 0) is 16.0 Å². The van der Waals surface area contributed by atoms with Crippen molar-refractivity contribution >= 4 is 28.3 Å². The Morgan fingerprint density at radius 3 is 2.45 bits per heavy atom. The molecular formula is C24H26N4O5. The maximum Gasteiger partial charge on any atom is 0.272 e. The average Bonchev–Trinajstić information content (AvgIpc) is 2.85. The summed E-state index contributed by atoms with van der Waals surface area (Å²) in [5, 5.41) is 10.7. The molecule has 1 fully saturated rings. The van der Waals surface area contributed by atoms with Gasteiger partial charge in [-0.1, -0.05) is 18.2 Å². The lowest BCUT2D eigenvalue weighted by Gasteiger charge is -2.31. The van der Waals surface area contributed by atoms with Gasteiger partial charge in [0.05, 0.1) is 31.7 Å². The highest BCUT2D eigenvalue weighted by atomic mass is 16.5. The van der Waals surface area contributed by atoms with Crippen LogP contribution in [0.15, 0.2) is 47.3 Å². The second-order valence-corrected chi connectivity index (χ2v) is 7.94. The molecule has 1 aliphatic rings. The van der Waals surface area contributed by atoms with E-state index in [1.807, 2.05) is 6.07 Å². The predicted octanol–water partition coefficient (Wildman–Crippen LogP) is 2.36. The second kappa shape index (κ2) is 9.72. The zero-order chi connectivity index (χ0) is 23.4. The van der Waals surface area contributed by atoms with Crippen LogP contribution in [0.2, 0.25) is 0 Å². The fourth-order valence-corrected chi connectivity index (χ4v) is 4.11. The van der Waals surface area contributed by atoms with Crippen LogP contribution >= 0.6 is 0 Å². The van der Waals surface area contributed by atoms with E-state index >= 15 is 0 Å². The van der Waals surface area contributed by atoms with E-state index in [1.54, 1.807) is 55.5 Å². The molecule has 9 heteroatoms. The van der Waals surface area contributed by atoms with Gasteiger partial charge in [0.15, 0.2) is 11.5 Å². The van der Waals surface area contributed by atoms with Crippen LogP contribution in [0.5, 0.6) is 11.5 Å². The normalized spacial score (nSPS) is 14.2. The fraction of sp³-hybridized carbons (Fsp3) is 0.333. The molecule has 0 radical (unpaired) electrons. The van der Waals surface area contributed by atoms with Gasteiger partial charge in [-0.25, -0.2) is 5.10 Å². The second-order valence-electron chi connectivity index (χ2n) is 7.94. The molecule has 9 nitrogen and oxygen atoms in total. The van der Waals surface area contributed by atoms with Gasteiger partial charge in [-0.05, 0) is 31.0 Å². The van der Waals surface area contributed by atoms with E-state index < -0.39 is 0 Å². The number of methoxy groups -OCH3 is 2. The number of hydrogen-bond donors (Lipinski definition) is 2. The topological polar surface area (TPSA) is 114 Å². The van der Waals surface area contributed by atoms with Gasteiger partial charge in [0.25, 0.3) is 5.56 Å². The van der Waals surface area contributed by atoms with Crippen molar-refractivity contribution in [3.8, 4) is 11.5 Å². The quantitative estimate of drug-likeness (QED) is 0.596. The number of carbonyl (C=O) groups is 2. The molecule has 3 aromatic rings. The average molecular weight is 450 g/mol. The highest BCUT2D eigenvalue weighted by Crippen LogP contribution is 2.30. The molecule has 1 aromatic heterocycles. The van der Waals surface area contributed by atoms with Gasteiger partial charge < -0.3 is 19.7 Å². The molecule has 0 atom stereocenters. The van der Waals surface area contributed by atoms with Crippen molar-refractivity contribution in [3.63, 3.8) is 0 Å². The summed E-state index contributed by atoms with van der Waals surface area (Å²) >= 11 is 0. The van der Waals surface area contributed by atoms with Gasteiger partial charge in [-0.3, -0.25) is 14.4 Å². The predicted molar refractivity (Wildman–Crippen MR) is 124 cm³/mol. The first-order chi connectivity index (χ1) is 16.0. The van der Waals surface area contributed by atoms with Gasteiger partial charge in [0, 0.05) is 36.1 Å². The monoisotopic (exact) mass is 450 g/mol. The van der Waals surface area contributed by atoms with E-state index in [0.29, 0.717) is 59.6 Å². The molecular weight excluding hydrogens is 424 g/mol. The van der Waals surface area contributed by atoms with Gasteiger partial charge in [-0.2, -0.15) is 5.10 Å². The first-order valence-corrected chi connectivity index (χ1v) is 10.8. The van der Waals surface area contributed by atoms with Crippen molar-refractivity contribution in [1.82, 2.24) is 15.1 Å². The summed E-state index contributed by atoms with van der Waals surface area (Å²) in [4.78, 5) is 39.3. The summed E-state index contributed by atoms with van der Waals surface area (Å²) in [6.45, 7) is 0.980. The number of nitrogens with zero attached hydrogens (tertiary/aromatic N) is 2. The van der Waals surface area contributed by atoms with Gasteiger partial charge in [0.2, 0.25) is 11.8 Å². The summed E-state index contributed by atoms with van der Waals surface area (Å²) in [5.74, 6) is 0.793. The summed E-state index contributed by atoms with van der Waals surface area (Å²) in [5.41, 5.74) is 0.902. The Hall–Kier alpha value is -3.88. The molecule has 172 valence electrons. The number of benzene rings is 2. The third-order valence-electron chi connectivity index (χ3n) is 5.96. The van der Waals surface area contributed by atoms with Crippen molar-refractivity contribution in [2.75, 3.05) is 32.6 Å². The van der Waals surface area contributed by atoms with E-state index in [0.717, 1.165) is 0 Å². The van der Waals surface area contributed by atoms with Crippen LogP contribution in [0.4, 0.5) is 5.69 Å². The smallest absolute Gasteiger partial charge is 0.272 e. The number of nitrogens with one attached hydrogen (secondary N) is 2. The molecule has 33 heavy (non-hydrogen) atoms. The van der Waals surface area contributed by atoms with E-state index in [-0.39, 0.29) is 29.7 Å². The lowest BCUT2D eigenvalue weighted by Crippen LogP contribution is -2.42. The summed E-state index contributed by atoms with van der Waals surface area (Å²) in [7, 11) is 3.10. The molecule has 1 saturated heterocycles. The molecule has 0 aliphatic carbocycles. The Balaban J connectivity index is 1.35. The number of rotatable bonds is 6. The molecule has 4 rings (SSSR count). The Morgan fingerprint density at radius 2 is 1.76 bits per heavy atom. The largest absolute Gasteiger partial charge is 0.493 e. The van der Waals surface area contributed by atoms with Crippen molar-refractivity contribution in [1.29, 1.82) is 0 Å². The first-order valence-electron chi connectivity index (χ1n) is 10.8. The number of carbonyl (C=O) groups excluding carboxylic acids is 2. The highest BCUT2D eigenvalue weighted by Gasteiger charge is 2.28. The van der Waals surface area contributed by atoms with Crippen LogP contribution < -0.4 is 20.3 Å². The highest BCUT2D eigenvalue weighted by molar-refractivity contribution is 5.93. The van der Waals surface area contributed by atoms with Gasteiger partial charge in [0.1, 0.15) is 0 Å². The summed E-state index contributed by atoms with van der Waals surface area (Å²) < 4.78 is 10.5. The zero-order valence-electron chi connectivity index (χ0n) is 18.6. The van der Waals surface area contributed by atoms with Crippen molar-refractivity contribution < 1.29 is 19.1 Å². The summed E-state index contributed by atoms with van der Waals surface area (Å²) in [6, 6.07) is 12.3. The van der Waals surface area contributed by atoms with Crippen LogP contribution in [0, 0.1) is 5.92 Å². The van der Waals surface area contributed by atoms with Crippen molar-refractivity contribution in [3.05, 3.63) is 58.5 Å². The Morgan fingerprint density at radius 1 is 1.06 bits per heavy atom. The lowest BCUT2D eigenvalue weighted by atomic mass is 9.95. The number of aromatic nitrogens is 2. The van der Waals surface area contributed by atoms with Crippen LogP contribution in [-0.4, -0.2) is 54.2 Å². The molecule has 2 N–H and O–H groups in total. The Labute approximate surface area is 190 Å². The van der Waals surface area contributed by atoms with Crippen molar-refractivity contribution in [2.45, 2.75) is 19.3 Å². The van der Waals surface area contributed by atoms with Crippen LogP contribution in [0.25, 0.3) is 10.8 Å². The van der Waals surface area contributed by atoms with E-state index in [9.17, 15) is 14.4 Å². The lowest BCUT2D eigenvalue weighted by molar-refractivity contribution is -0.133. The number of piperidine rings is 1. The third-order valence-corrected chi connectivity index (χ3v) is 5.96. The molecule has 0 saturated carbocycles. The minimum atomic E-state index is -0.275. The molecule has 2 heterocycles. The molecule has 2 amide bonds. The summed E-state index contributed by atoms with van der Waals surface area (Å²) in [6.07, 6.45) is 1.25. The van der Waals surface area contributed by atoms with E-state index in [2.05, 4.69) is 15.5 Å².